The maximum atomic E-state index is 12.9. The number of nitrogens with zero attached hydrogens (tertiary/aromatic N) is 4. The number of halogens is 3. The molecule has 3 aromatic heterocycles. The first-order chi connectivity index (χ1) is 13.2. The van der Waals surface area contributed by atoms with E-state index in [0.717, 1.165) is 35.5 Å². The monoisotopic (exact) mass is 410 g/mol. The van der Waals surface area contributed by atoms with E-state index in [1.807, 2.05) is 0 Å². The molecule has 6 nitrogen and oxygen atoms in total. The fraction of sp³-hybridized carbons (Fsp3) is 0.389. The third kappa shape index (κ3) is 3.25. The third-order valence-electron chi connectivity index (χ3n) is 4.98. The second kappa shape index (κ2) is 6.54. The van der Waals surface area contributed by atoms with Gasteiger partial charge in [0.2, 0.25) is 0 Å². The van der Waals surface area contributed by atoms with Gasteiger partial charge in [0.25, 0.3) is 0 Å². The maximum absolute atomic E-state index is 12.9. The SMILES string of the molecule is CCS(=O)(=O)c1ccc(C2CCC2)nc1-c1ccn2nc(C(F)(F)F)cc2n1. The van der Waals surface area contributed by atoms with Crippen LogP contribution < -0.4 is 0 Å². The van der Waals surface area contributed by atoms with Crippen molar-refractivity contribution in [2.75, 3.05) is 5.75 Å². The van der Waals surface area contributed by atoms with Crippen molar-refractivity contribution in [1.29, 1.82) is 0 Å². The topological polar surface area (TPSA) is 77.2 Å². The Morgan fingerprint density at radius 1 is 1.18 bits per heavy atom. The Bertz CT molecular complexity index is 1150. The van der Waals surface area contributed by atoms with Crippen LogP contribution in [0, 0.1) is 0 Å². The zero-order chi connectivity index (χ0) is 20.1. The quantitative estimate of drug-likeness (QED) is 0.653. The first-order valence-corrected chi connectivity index (χ1v) is 10.5. The second-order valence-electron chi connectivity index (χ2n) is 6.76. The van der Waals surface area contributed by atoms with Crippen LogP contribution in [0.4, 0.5) is 13.2 Å². The van der Waals surface area contributed by atoms with Crippen LogP contribution in [-0.4, -0.2) is 33.8 Å². The number of fused-ring (bicyclic) bond motifs is 1. The zero-order valence-corrected chi connectivity index (χ0v) is 15.8. The Hall–Kier alpha value is -2.49. The molecule has 0 spiro atoms. The molecule has 0 aromatic carbocycles. The van der Waals surface area contributed by atoms with Gasteiger partial charge in [-0.2, -0.15) is 18.3 Å². The van der Waals surface area contributed by atoms with E-state index >= 15 is 0 Å². The molecule has 3 heterocycles. The molecule has 0 N–H and O–H groups in total. The Morgan fingerprint density at radius 2 is 1.93 bits per heavy atom. The lowest BCUT2D eigenvalue weighted by atomic mass is 9.82. The second-order valence-corrected chi connectivity index (χ2v) is 9.00. The predicted molar refractivity (Wildman–Crippen MR) is 95.5 cm³/mol. The summed E-state index contributed by atoms with van der Waals surface area (Å²) in [7, 11) is -3.58. The highest BCUT2D eigenvalue weighted by Crippen LogP contribution is 2.37. The van der Waals surface area contributed by atoms with Gasteiger partial charge in [0.05, 0.1) is 16.3 Å². The van der Waals surface area contributed by atoms with Crippen molar-refractivity contribution in [2.24, 2.45) is 0 Å². The molecule has 4 rings (SSSR count). The molecule has 0 atom stereocenters. The van der Waals surface area contributed by atoms with E-state index in [0.29, 0.717) is 0 Å². The molecule has 0 bridgehead atoms. The Balaban J connectivity index is 1.88. The molecular weight excluding hydrogens is 393 g/mol. The summed E-state index contributed by atoms with van der Waals surface area (Å²) in [6.07, 6.45) is -0.205. The van der Waals surface area contributed by atoms with Gasteiger partial charge in [0.15, 0.2) is 21.2 Å². The van der Waals surface area contributed by atoms with Gasteiger partial charge < -0.3 is 0 Å². The third-order valence-corrected chi connectivity index (χ3v) is 6.74. The summed E-state index contributed by atoms with van der Waals surface area (Å²) in [5.41, 5.74) is 0.0653. The van der Waals surface area contributed by atoms with Crippen LogP contribution >= 0.6 is 0 Å². The molecular formula is C18H17F3N4O2S. The first-order valence-electron chi connectivity index (χ1n) is 8.87. The van der Waals surface area contributed by atoms with Crippen LogP contribution in [0.15, 0.2) is 35.4 Å². The summed E-state index contributed by atoms with van der Waals surface area (Å²) < 4.78 is 64.8. The van der Waals surface area contributed by atoms with Crippen LogP contribution in [0.1, 0.15) is 43.5 Å². The fourth-order valence-electron chi connectivity index (χ4n) is 3.13. The molecule has 1 aliphatic carbocycles. The summed E-state index contributed by atoms with van der Waals surface area (Å²) >= 11 is 0. The van der Waals surface area contributed by atoms with E-state index in [9.17, 15) is 21.6 Å². The number of alkyl halides is 3. The van der Waals surface area contributed by atoms with Crippen molar-refractivity contribution in [2.45, 2.75) is 43.2 Å². The van der Waals surface area contributed by atoms with Gasteiger partial charge in [0.1, 0.15) is 5.69 Å². The van der Waals surface area contributed by atoms with Crippen LogP contribution in [0.5, 0.6) is 0 Å². The first kappa shape index (κ1) is 18.9. The van der Waals surface area contributed by atoms with Gasteiger partial charge >= 0.3 is 6.18 Å². The van der Waals surface area contributed by atoms with Crippen LogP contribution in [0.3, 0.4) is 0 Å². The number of aromatic nitrogens is 4. The molecule has 1 fully saturated rings. The highest BCUT2D eigenvalue weighted by molar-refractivity contribution is 7.91. The van der Waals surface area contributed by atoms with Gasteiger partial charge in [-0.15, -0.1) is 0 Å². The van der Waals surface area contributed by atoms with Crippen LogP contribution in [0.25, 0.3) is 17.0 Å². The van der Waals surface area contributed by atoms with Crippen molar-refractivity contribution in [3.63, 3.8) is 0 Å². The molecule has 0 unspecified atom stereocenters. The van der Waals surface area contributed by atoms with Crippen molar-refractivity contribution in [1.82, 2.24) is 19.6 Å². The molecule has 0 aliphatic heterocycles. The van der Waals surface area contributed by atoms with Gasteiger partial charge in [0, 0.05) is 23.9 Å². The van der Waals surface area contributed by atoms with E-state index in [1.165, 1.54) is 25.3 Å². The van der Waals surface area contributed by atoms with E-state index in [4.69, 9.17) is 0 Å². The van der Waals surface area contributed by atoms with Crippen LogP contribution in [0.2, 0.25) is 0 Å². The minimum absolute atomic E-state index is 0.0273. The molecule has 0 saturated heterocycles. The van der Waals surface area contributed by atoms with E-state index in [1.54, 1.807) is 6.07 Å². The Kier molecular flexibility index (Phi) is 4.40. The summed E-state index contributed by atoms with van der Waals surface area (Å²) in [5, 5.41) is 3.46. The van der Waals surface area contributed by atoms with Crippen molar-refractivity contribution < 1.29 is 21.6 Å². The summed E-state index contributed by atoms with van der Waals surface area (Å²) in [6.45, 7) is 1.53. The normalized spacial score (nSPS) is 15.7. The van der Waals surface area contributed by atoms with E-state index in [2.05, 4.69) is 15.1 Å². The van der Waals surface area contributed by atoms with Crippen molar-refractivity contribution >= 4 is 15.5 Å². The fourth-order valence-corrected chi connectivity index (χ4v) is 4.16. The molecule has 0 amide bonds. The number of rotatable bonds is 4. The summed E-state index contributed by atoms with van der Waals surface area (Å²) in [6, 6.07) is 5.50. The largest absolute Gasteiger partial charge is 0.435 e. The maximum Gasteiger partial charge on any atom is 0.435 e. The Morgan fingerprint density at radius 3 is 2.54 bits per heavy atom. The molecule has 1 saturated carbocycles. The summed E-state index contributed by atoms with van der Waals surface area (Å²) in [5.74, 6) is 0.157. The lowest BCUT2D eigenvalue weighted by Crippen LogP contribution is -2.14. The smallest absolute Gasteiger partial charge is 0.250 e. The van der Waals surface area contributed by atoms with Crippen LogP contribution in [-0.2, 0) is 16.0 Å². The highest BCUT2D eigenvalue weighted by atomic mass is 32.2. The van der Waals surface area contributed by atoms with Gasteiger partial charge in [-0.25, -0.2) is 22.9 Å². The van der Waals surface area contributed by atoms with E-state index < -0.39 is 21.7 Å². The Labute approximate surface area is 159 Å². The lowest BCUT2D eigenvalue weighted by molar-refractivity contribution is -0.141. The number of sulfone groups is 1. The molecule has 148 valence electrons. The zero-order valence-electron chi connectivity index (χ0n) is 14.9. The minimum atomic E-state index is -4.59. The molecule has 10 heteroatoms. The predicted octanol–water partition coefficient (Wildman–Crippen LogP) is 3.87. The lowest BCUT2D eigenvalue weighted by Gasteiger charge is -2.25. The molecule has 0 radical (unpaired) electrons. The van der Waals surface area contributed by atoms with Gasteiger partial charge in [-0.05, 0) is 31.0 Å². The number of pyridine rings is 1. The molecule has 1 aliphatic rings. The van der Waals surface area contributed by atoms with E-state index in [-0.39, 0.29) is 33.6 Å². The highest BCUT2D eigenvalue weighted by Gasteiger charge is 2.34. The number of hydrogen-bond acceptors (Lipinski definition) is 5. The van der Waals surface area contributed by atoms with Gasteiger partial charge in [-0.1, -0.05) is 13.3 Å². The molecule has 3 aromatic rings. The number of hydrogen-bond donors (Lipinski definition) is 0. The van der Waals surface area contributed by atoms with Crippen molar-refractivity contribution in [3.05, 3.63) is 41.9 Å². The summed E-state index contributed by atoms with van der Waals surface area (Å²) in [4.78, 5) is 8.79. The average Bonchev–Trinajstić information content (AvgIpc) is 3.03. The average molecular weight is 410 g/mol. The molecule has 28 heavy (non-hydrogen) atoms. The van der Waals surface area contributed by atoms with Crippen molar-refractivity contribution in [3.8, 4) is 11.4 Å². The minimum Gasteiger partial charge on any atom is -0.250 e. The standard InChI is InChI=1S/C18H17F3N4O2S/c1-2-28(26,27)14-7-6-12(11-4-3-5-11)23-17(14)13-8-9-25-16(22-13)10-15(24-25)18(19,20)21/h6-11H,2-5H2,1H3. The van der Waals surface area contributed by atoms with Gasteiger partial charge in [-0.3, -0.25) is 0 Å².